The van der Waals surface area contributed by atoms with E-state index in [0.717, 1.165) is 42.4 Å². The Morgan fingerprint density at radius 1 is 0.885 bits per heavy atom. The number of nitrogens with one attached hydrogen (secondary N) is 1. The van der Waals surface area contributed by atoms with E-state index in [2.05, 4.69) is 39.4 Å². The summed E-state index contributed by atoms with van der Waals surface area (Å²) >= 11 is 11.7. The van der Waals surface area contributed by atoms with Gasteiger partial charge < -0.3 is 10.1 Å². The number of hydrogen-bond donors (Lipinski definition) is 1. The second kappa shape index (κ2) is 7.40. The van der Waals surface area contributed by atoms with Crippen molar-refractivity contribution in [2.45, 2.75) is 5.54 Å². The van der Waals surface area contributed by atoms with Gasteiger partial charge >= 0.3 is 0 Å². The van der Waals surface area contributed by atoms with Gasteiger partial charge in [0.1, 0.15) is 10.5 Å². The van der Waals surface area contributed by atoms with Gasteiger partial charge in [-0.2, -0.15) is 0 Å². The van der Waals surface area contributed by atoms with Gasteiger partial charge in [-0.3, -0.25) is 9.80 Å². The first-order valence-electron chi connectivity index (χ1n) is 8.77. The zero-order valence-corrected chi connectivity index (χ0v) is 16.1. The van der Waals surface area contributed by atoms with Crippen LogP contribution >= 0.6 is 24.4 Å². The molecule has 1 N–H and O–H groups in total. The SMILES string of the molecule is S=C1NC(c2ccccc2)(c2ccccc2)C(=S)N1CN1CCOCC1. The molecular weight excluding hydrogens is 362 g/mol. The van der Waals surface area contributed by atoms with Crippen molar-refractivity contribution in [2.24, 2.45) is 0 Å². The fraction of sp³-hybridized carbons (Fsp3) is 0.300. The normalized spacial score (nSPS) is 20.2. The number of rotatable bonds is 4. The Hall–Kier alpha value is -1.86. The Morgan fingerprint density at radius 3 is 1.96 bits per heavy atom. The van der Waals surface area contributed by atoms with Gasteiger partial charge in [0.15, 0.2) is 5.11 Å². The first-order valence-corrected chi connectivity index (χ1v) is 9.59. The molecule has 0 spiro atoms. The van der Waals surface area contributed by atoms with Crippen LogP contribution in [0.5, 0.6) is 0 Å². The summed E-state index contributed by atoms with van der Waals surface area (Å²) in [6.45, 7) is 3.98. The fourth-order valence-corrected chi connectivity index (χ4v) is 4.38. The van der Waals surface area contributed by atoms with Gasteiger partial charge in [-0.1, -0.05) is 72.9 Å². The minimum atomic E-state index is -0.610. The number of benzene rings is 2. The molecule has 0 radical (unpaired) electrons. The van der Waals surface area contributed by atoms with Crippen LogP contribution < -0.4 is 5.32 Å². The second-order valence-electron chi connectivity index (χ2n) is 6.52. The van der Waals surface area contributed by atoms with E-state index in [1.165, 1.54) is 0 Å². The highest BCUT2D eigenvalue weighted by Gasteiger charge is 2.48. The quantitative estimate of drug-likeness (QED) is 0.817. The summed E-state index contributed by atoms with van der Waals surface area (Å²) < 4.78 is 5.46. The molecule has 0 aliphatic carbocycles. The number of ether oxygens (including phenoxy) is 1. The topological polar surface area (TPSA) is 27.7 Å². The van der Waals surface area contributed by atoms with E-state index in [1.54, 1.807) is 0 Å². The number of hydrogen-bond acceptors (Lipinski definition) is 4. The highest BCUT2D eigenvalue weighted by Crippen LogP contribution is 2.37. The van der Waals surface area contributed by atoms with Crippen LogP contribution in [0.1, 0.15) is 11.1 Å². The van der Waals surface area contributed by atoms with Crippen LogP contribution in [-0.2, 0) is 10.3 Å². The van der Waals surface area contributed by atoms with Crippen molar-refractivity contribution in [2.75, 3.05) is 33.0 Å². The molecule has 0 amide bonds. The average molecular weight is 384 g/mol. The van der Waals surface area contributed by atoms with Gasteiger partial charge in [-0.15, -0.1) is 0 Å². The molecule has 2 aromatic carbocycles. The van der Waals surface area contributed by atoms with Gasteiger partial charge in [0.25, 0.3) is 0 Å². The minimum absolute atomic E-state index is 0.610. The van der Waals surface area contributed by atoms with Crippen molar-refractivity contribution in [3.05, 3.63) is 71.8 Å². The first-order chi connectivity index (χ1) is 12.7. The van der Waals surface area contributed by atoms with E-state index in [4.69, 9.17) is 29.2 Å². The van der Waals surface area contributed by atoms with E-state index in [1.807, 2.05) is 36.4 Å². The van der Waals surface area contributed by atoms with Crippen LogP contribution in [0.25, 0.3) is 0 Å². The maximum Gasteiger partial charge on any atom is 0.176 e. The lowest BCUT2D eigenvalue weighted by Crippen LogP contribution is -2.47. The van der Waals surface area contributed by atoms with Crippen molar-refractivity contribution in [1.82, 2.24) is 15.1 Å². The van der Waals surface area contributed by atoms with Crippen molar-refractivity contribution < 1.29 is 4.74 Å². The Bertz CT molecular complexity index is 752. The lowest BCUT2D eigenvalue weighted by molar-refractivity contribution is 0.0286. The zero-order chi connectivity index (χ0) is 18.0. The van der Waals surface area contributed by atoms with Crippen LogP contribution in [-0.4, -0.2) is 52.9 Å². The molecular formula is C20H21N3OS2. The van der Waals surface area contributed by atoms with E-state index in [-0.39, 0.29) is 0 Å². The molecule has 2 fully saturated rings. The Balaban J connectivity index is 1.73. The van der Waals surface area contributed by atoms with Crippen LogP contribution in [0.4, 0.5) is 0 Å². The van der Waals surface area contributed by atoms with E-state index < -0.39 is 5.54 Å². The fourth-order valence-electron chi connectivity index (χ4n) is 3.58. The molecule has 2 heterocycles. The molecule has 0 aromatic heterocycles. The lowest BCUT2D eigenvalue weighted by Gasteiger charge is -2.33. The van der Waals surface area contributed by atoms with E-state index in [0.29, 0.717) is 11.8 Å². The average Bonchev–Trinajstić information content (AvgIpc) is 2.96. The molecule has 4 rings (SSSR count). The van der Waals surface area contributed by atoms with Gasteiger partial charge in [0.05, 0.1) is 19.9 Å². The maximum absolute atomic E-state index is 6.00. The van der Waals surface area contributed by atoms with E-state index in [9.17, 15) is 0 Å². The number of morpholine rings is 1. The molecule has 2 saturated heterocycles. The summed E-state index contributed by atoms with van der Waals surface area (Å²) in [7, 11) is 0. The predicted molar refractivity (Wildman–Crippen MR) is 111 cm³/mol. The highest BCUT2D eigenvalue weighted by molar-refractivity contribution is 7.82. The first kappa shape index (κ1) is 17.5. The zero-order valence-electron chi connectivity index (χ0n) is 14.4. The van der Waals surface area contributed by atoms with Gasteiger partial charge in [0.2, 0.25) is 0 Å². The standard InChI is InChI=1S/C20H21N3OS2/c25-18-20(16-7-3-1-4-8-16,17-9-5-2-6-10-17)21-19(26)23(18)15-22-11-13-24-14-12-22/h1-10H,11-15H2,(H,21,26). The third-order valence-corrected chi connectivity index (χ3v) is 5.81. The third-order valence-electron chi connectivity index (χ3n) is 4.96. The summed E-state index contributed by atoms with van der Waals surface area (Å²) in [4.78, 5) is 5.18. The van der Waals surface area contributed by atoms with Crippen molar-refractivity contribution >= 4 is 34.5 Å². The van der Waals surface area contributed by atoms with Crippen molar-refractivity contribution in [1.29, 1.82) is 0 Å². The Labute approximate surface area is 164 Å². The summed E-state index contributed by atoms with van der Waals surface area (Å²) in [5.41, 5.74) is 1.59. The highest BCUT2D eigenvalue weighted by atomic mass is 32.1. The van der Waals surface area contributed by atoms with Crippen LogP contribution in [0, 0.1) is 0 Å². The molecule has 4 nitrogen and oxygen atoms in total. The summed E-state index contributed by atoms with van der Waals surface area (Å²) in [5, 5.41) is 4.22. The smallest absolute Gasteiger partial charge is 0.176 e. The maximum atomic E-state index is 6.00. The molecule has 2 aromatic rings. The Morgan fingerprint density at radius 2 is 1.42 bits per heavy atom. The van der Waals surface area contributed by atoms with Crippen molar-refractivity contribution in [3.8, 4) is 0 Å². The molecule has 2 aliphatic heterocycles. The van der Waals surface area contributed by atoms with E-state index >= 15 is 0 Å². The molecule has 0 unspecified atom stereocenters. The van der Waals surface area contributed by atoms with Crippen LogP contribution in [0.15, 0.2) is 60.7 Å². The summed E-state index contributed by atoms with van der Waals surface area (Å²) in [6.07, 6.45) is 0. The number of thiocarbonyl (C=S) groups is 2. The molecule has 6 heteroatoms. The summed E-state index contributed by atoms with van der Waals surface area (Å²) in [5.74, 6) is 0. The van der Waals surface area contributed by atoms with Crippen LogP contribution in [0.2, 0.25) is 0 Å². The molecule has 0 atom stereocenters. The predicted octanol–water partition coefficient (Wildman–Crippen LogP) is 2.74. The monoisotopic (exact) mass is 383 g/mol. The second-order valence-corrected chi connectivity index (χ2v) is 7.29. The number of nitrogens with zero attached hydrogens (tertiary/aromatic N) is 2. The Kier molecular flexibility index (Phi) is 5.00. The molecule has 2 aliphatic rings. The van der Waals surface area contributed by atoms with Gasteiger partial charge in [0, 0.05) is 13.1 Å². The molecule has 134 valence electrons. The largest absolute Gasteiger partial charge is 0.379 e. The van der Waals surface area contributed by atoms with Crippen molar-refractivity contribution in [3.63, 3.8) is 0 Å². The minimum Gasteiger partial charge on any atom is -0.379 e. The molecule has 0 bridgehead atoms. The van der Waals surface area contributed by atoms with Crippen LogP contribution in [0.3, 0.4) is 0 Å². The van der Waals surface area contributed by atoms with Gasteiger partial charge in [-0.05, 0) is 23.3 Å². The summed E-state index contributed by atoms with van der Waals surface area (Å²) in [6, 6.07) is 20.6. The van der Waals surface area contributed by atoms with Gasteiger partial charge in [-0.25, -0.2) is 0 Å². The molecule has 0 saturated carbocycles. The molecule has 26 heavy (non-hydrogen) atoms. The third kappa shape index (κ3) is 3.03. The lowest BCUT2D eigenvalue weighted by atomic mass is 9.83.